The fourth-order valence-electron chi connectivity index (χ4n) is 1.52. The standard InChI is InChI=1S/C12H13BrO4/c1-7(14)4-8-2-3-9(5-10(8)6-13)11(15)12(16)17/h2-3,5,11,15H,4,6H2,1H3,(H,16,17). The zero-order valence-electron chi connectivity index (χ0n) is 9.31. The van der Waals surface area contributed by atoms with E-state index in [-0.39, 0.29) is 5.78 Å². The highest BCUT2D eigenvalue weighted by atomic mass is 79.9. The molecule has 1 aromatic carbocycles. The van der Waals surface area contributed by atoms with E-state index in [1.54, 1.807) is 12.1 Å². The first kappa shape index (κ1) is 13.9. The SMILES string of the molecule is CC(=O)Cc1ccc(C(O)C(=O)O)cc1CBr. The zero-order valence-corrected chi connectivity index (χ0v) is 10.9. The molecule has 0 aliphatic rings. The lowest BCUT2D eigenvalue weighted by Crippen LogP contribution is -2.11. The smallest absolute Gasteiger partial charge is 0.337 e. The highest BCUT2D eigenvalue weighted by Crippen LogP contribution is 2.21. The molecule has 1 atom stereocenters. The summed E-state index contributed by atoms with van der Waals surface area (Å²) < 4.78 is 0. The molecule has 5 heteroatoms. The van der Waals surface area contributed by atoms with E-state index >= 15 is 0 Å². The molecule has 0 saturated carbocycles. The number of hydrogen-bond donors (Lipinski definition) is 2. The molecule has 1 aromatic rings. The predicted octanol–water partition coefficient (Wildman–Crippen LogP) is 1.83. The topological polar surface area (TPSA) is 74.6 Å². The Bertz CT molecular complexity index is 442. The lowest BCUT2D eigenvalue weighted by Gasteiger charge is -2.11. The molecule has 0 amide bonds. The molecule has 17 heavy (non-hydrogen) atoms. The summed E-state index contributed by atoms with van der Waals surface area (Å²) in [5.74, 6) is -1.25. The number of carbonyl (C=O) groups is 2. The van der Waals surface area contributed by atoms with Gasteiger partial charge in [-0.1, -0.05) is 34.1 Å². The van der Waals surface area contributed by atoms with Crippen LogP contribution in [-0.4, -0.2) is 22.0 Å². The number of halogens is 1. The highest BCUT2D eigenvalue weighted by Gasteiger charge is 2.17. The van der Waals surface area contributed by atoms with Crippen LogP contribution in [-0.2, 0) is 21.3 Å². The second kappa shape index (κ2) is 5.93. The van der Waals surface area contributed by atoms with Crippen LogP contribution in [0.2, 0.25) is 0 Å². The number of aliphatic carboxylic acids is 1. The van der Waals surface area contributed by atoms with Crippen molar-refractivity contribution in [2.24, 2.45) is 0 Å². The lowest BCUT2D eigenvalue weighted by molar-refractivity contribution is -0.147. The Balaban J connectivity index is 3.07. The Hall–Kier alpha value is -1.20. The third kappa shape index (κ3) is 3.64. The summed E-state index contributed by atoms with van der Waals surface area (Å²) in [6.07, 6.45) is -1.22. The first-order valence-corrected chi connectivity index (χ1v) is 6.15. The lowest BCUT2D eigenvalue weighted by atomic mass is 9.99. The van der Waals surface area contributed by atoms with Gasteiger partial charge in [0.1, 0.15) is 5.78 Å². The molecule has 1 rings (SSSR count). The molecule has 0 fully saturated rings. The van der Waals surface area contributed by atoms with Gasteiger partial charge in [-0.15, -0.1) is 0 Å². The number of hydrogen-bond acceptors (Lipinski definition) is 3. The van der Waals surface area contributed by atoms with E-state index < -0.39 is 12.1 Å². The normalized spacial score (nSPS) is 12.2. The summed E-state index contributed by atoms with van der Waals surface area (Å²) >= 11 is 3.28. The summed E-state index contributed by atoms with van der Waals surface area (Å²) in [5, 5.41) is 18.6. The van der Waals surface area contributed by atoms with Crippen molar-refractivity contribution in [2.75, 3.05) is 0 Å². The van der Waals surface area contributed by atoms with Crippen molar-refractivity contribution in [3.05, 3.63) is 34.9 Å². The molecular formula is C12H13BrO4. The van der Waals surface area contributed by atoms with E-state index in [4.69, 9.17) is 5.11 Å². The van der Waals surface area contributed by atoms with E-state index in [9.17, 15) is 14.7 Å². The molecule has 1 unspecified atom stereocenters. The van der Waals surface area contributed by atoms with Gasteiger partial charge in [0.05, 0.1) is 0 Å². The predicted molar refractivity (Wildman–Crippen MR) is 66.1 cm³/mol. The third-order valence-corrected chi connectivity index (χ3v) is 2.97. The largest absolute Gasteiger partial charge is 0.479 e. The number of alkyl halides is 1. The van der Waals surface area contributed by atoms with Gasteiger partial charge >= 0.3 is 5.97 Å². The molecule has 0 heterocycles. The van der Waals surface area contributed by atoms with Gasteiger partial charge in [-0.2, -0.15) is 0 Å². The van der Waals surface area contributed by atoms with Crippen LogP contribution in [0.1, 0.15) is 29.7 Å². The van der Waals surface area contributed by atoms with Gasteiger partial charge < -0.3 is 10.2 Å². The quantitative estimate of drug-likeness (QED) is 0.814. The molecule has 2 N–H and O–H groups in total. The van der Waals surface area contributed by atoms with Crippen LogP contribution >= 0.6 is 15.9 Å². The van der Waals surface area contributed by atoms with Gasteiger partial charge in [0, 0.05) is 11.8 Å². The molecule has 0 aliphatic heterocycles. The van der Waals surface area contributed by atoms with E-state index in [1.807, 2.05) is 0 Å². The molecule has 0 saturated heterocycles. The number of rotatable bonds is 5. The fourth-order valence-corrected chi connectivity index (χ4v) is 2.05. The number of carbonyl (C=O) groups excluding carboxylic acids is 1. The maximum atomic E-state index is 11.0. The van der Waals surface area contributed by atoms with Crippen LogP contribution in [0.25, 0.3) is 0 Å². The monoisotopic (exact) mass is 300 g/mol. The number of carboxylic acid groups (broad SMARTS) is 1. The van der Waals surface area contributed by atoms with Crippen LogP contribution in [0.3, 0.4) is 0 Å². The van der Waals surface area contributed by atoms with Crippen molar-refractivity contribution < 1.29 is 19.8 Å². The van der Waals surface area contributed by atoms with Crippen molar-refractivity contribution in [2.45, 2.75) is 24.8 Å². The van der Waals surface area contributed by atoms with E-state index in [0.717, 1.165) is 11.1 Å². The minimum Gasteiger partial charge on any atom is -0.479 e. The Morgan fingerprint density at radius 1 is 1.35 bits per heavy atom. The minimum absolute atomic E-state index is 0.0405. The zero-order chi connectivity index (χ0) is 13.0. The first-order valence-electron chi connectivity index (χ1n) is 5.03. The summed E-state index contributed by atoms with van der Waals surface area (Å²) in [6.45, 7) is 1.50. The van der Waals surface area contributed by atoms with Gasteiger partial charge in [0.2, 0.25) is 0 Å². The molecule has 4 nitrogen and oxygen atoms in total. The van der Waals surface area contributed by atoms with E-state index in [1.165, 1.54) is 13.0 Å². The average Bonchev–Trinajstić information content (AvgIpc) is 2.27. The third-order valence-electron chi connectivity index (χ3n) is 2.36. The molecule has 0 bridgehead atoms. The first-order chi connectivity index (χ1) is 7.95. The van der Waals surface area contributed by atoms with Crippen LogP contribution in [0.4, 0.5) is 0 Å². The summed E-state index contributed by atoms with van der Waals surface area (Å²) in [4.78, 5) is 21.7. The molecule has 0 aromatic heterocycles. The molecule has 92 valence electrons. The Labute approximate surface area is 107 Å². The van der Waals surface area contributed by atoms with Gasteiger partial charge in [0.25, 0.3) is 0 Å². The van der Waals surface area contributed by atoms with Crippen LogP contribution in [0.15, 0.2) is 18.2 Å². The van der Waals surface area contributed by atoms with E-state index in [0.29, 0.717) is 17.3 Å². The summed E-state index contributed by atoms with van der Waals surface area (Å²) in [5.41, 5.74) is 1.98. The average molecular weight is 301 g/mol. The van der Waals surface area contributed by atoms with Crippen LogP contribution in [0, 0.1) is 0 Å². The number of benzene rings is 1. The van der Waals surface area contributed by atoms with Gasteiger partial charge in [-0.25, -0.2) is 4.79 Å². The number of aliphatic hydroxyl groups is 1. The van der Waals surface area contributed by atoms with Gasteiger partial charge in [-0.3, -0.25) is 4.79 Å². The Kier molecular flexibility index (Phi) is 4.84. The van der Waals surface area contributed by atoms with Gasteiger partial charge in [-0.05, 0) is 23.6 Å². The molecule has 0 spiro atoms. The van der Waals surface area contributed by atoms with E-state index in [2.05, 4.69) is 15.9 Å². The Morgan fingerprint density at radius 3 is 2.47 bits per heavy atom. The van der Waals surface area contributed by atoms with Gasteiger partial charge in [0.15, 0.2) is 6.10 Å². The summed E-state index contributed by atoms with van der Waals surface area (Å²) in [6, 6.07) is 4.81. The number of carboxylic acids is 1. The highest BCUT2D eigenvalue weighted by molar-refractivity contribution is 9.08. The second-order valence-corrected chi connectivity index (χ2v) is 4.34. The minimum atomic E-state index is -1.53. The number of Topliss-reactive ketones (excluding diaryl/α,β-unsaturated/α-hetero) is 1. The molecular weight excluding hydrogens is 288 g/mol. The van der Waals surface area contributed by atoms with Crippen LogP contribution < -0.4 is 0 Å². The molecule has 0 aliphatic carbocycles. The van der Waals surface area contributed by atoms with Crippen molar-refractivity contribution in [1.82, 2.24) is 0 Å². The fraction of sp³-hybridized carbons (Fsp3) is 0.333. The van der Waals surface area contributed by atoms with Crippen molar-refractivity contribution >= 4 is 27.7 Å². The van der Waals surface area contributed by atoms with Crippen molar-refractivity contribution in [1.29, 1.82) is 0 Å². The molecule has 0 radical (unpaired) electrons. The number of aliphatic hydroxyl groups excluding tert-OH is 1. The Morgan fingerprint density at radius 2 is 2.00 bits per heavy atom. The second-order valence-electron chi connectivity index (χ2n) is 3.78. The maximum absolute atomic E-state index is 11.0. The van der Waals surface area contributed by atoms with Crippen molar-refractivity contribution in [3.8, 4) is 0 Å². The van der Waals surface area contributed by atoms with Crippen molar-refractivity contribution in [3.63, 3.8) is 0 Å². The number of ketones is 1. The maximum Gasteiger partial charge on any atom is 0.337 e. The summed E-state index contributed by atoms with van der Waals surface area (Å²) in [7, 11) is 0. The van der Waals surface area contributed by atoms with Crippen LogP contribution in [0.5, 0.6) is 0 Å².